The molecular weight excluding hydrogens is 537 g/mol. The van der Waals surface area contributed by atoms with E-state index in [4.69, 9.17) is 32.7 Å². The second-order valence-corrected chi connectivity index (χ2v) is 10.1. The lowest BCUT2D eigenvalue weighted by atomic mass is 9.78. The highest BCUT2D eigenvalue weighted by atomic mass is 35.5. The molecule has 2 aromatic carbocycles. The predicted octanol–water partition coefficient (Wildman–Crippen LogP) is 5.12. The predicted molar refractivity (Wildman–Crippen MR) is 144 cm³/mol. The van der Waals surface area contributed by atoms with Crippen LogP contribution in [0.2, 0.25) is 10.0 Å². The van der Waals surface area contributed by atoms with Gasteiger partial charge in [0.2, 0.25) is 11.8 Å². The van der Waals surface area contributed by atoms with Gasteiger partial charge in [0.15, 0.2) is 5.75 Å². The fraction of sp³-hybridized carbons (Fsp3) is 0.308. The van der Waals surface area contributed by atoms with Gasteiger partial charge in [-0.25, -0.2) is 0 Å². The van der Waals surface area contributed by atoms with Gasteiger partial charge in [-0.1, -0.05) is 41.0 Å². The number of thioether (sulfide) groups is 1. The van der Waals surface area contributed by atoms with E-state index in [2.05, 4.69) is 16.7 Å². The molecule has 8 nitrogen and oxygen atoms in total. The third kappa shape index (κ3) is 6.58. The maximum atomic E-state index is 13.0. The summed E-state index contributed by atoms with van der Waals surface area (Å²) < 4.78 is 10.3. The topological polar surface area (TPSA) is 118 Å². The average molecular weight is 562 g/mol. The van der Waals surface area contributed by atoms with E-state index in [9.17, 15) is 19.6 Å². The van der Waals surface area contributed by atoms with Crippen LogP contribution in [0.25, 0.3) is 0 Å². The number of halogens is 2. The molecule has 37 heavy (non-hydrogen) atoms. The number of nitrogens with zero attached hydrogens (tertiary/aromatic N) is 1. The first-order valence-corrected chi connectivity index (χ1v) is 13.0. The van der Waals surface area contributed by atoms with Crippen molar-refractivity contribution < 1.29 is 23.9 Å². The molecule has 1 aliphatic heterocycles. The minimum Gasteiger partial charge on any atom is -0.491 e. The lowest BCUT2D eigenvalue weighted by molar-refractivity contribution is -0.150. The van der Waals surface area contributed by atoms with E-state index in [1.54, 1.807) is 6.92 Å². The van der Waals surface area contributed by atoms with E-state index in [0.717, 1.165) is 30.0 Å². The van der Waals surface area contributed by atoms with Gasteiger partial charge in [-0.2, -0.15) is 5.26 Å². The second kappa shape index (κ2) is 12.4. The lowest BCUT2D eigenvalue weighted by Crippen LogP contribution is -2.44. The number of allylic oxidation sites excluding steroid dienone is 1. The van der Waals surface area contributed by atoms with Crippen LogP contribution in [-0.4, -0.2) is 37.3 Å². The van der Waals surface area contributed by atoms with Crippen molar-refractivity contribution in [3.8, 4) is 11.8 Å². The smallest absolute Gasteiger partial charge is 0.319 e. The number of methoxy groups -OCH3 is 1. The highest BCUT2D eigenvalue weighted by Crippen LogP contribution is 2.44. The van der Waals surface area contributed by atoms with E-state index in [1.807, 2.05) is 32.0 Å². The Morgan fingerprint density at radius 1 is 1.14 bits per heavy atom. The van der Waals surface area contributed by atoms with Gasteiger partial charge in [-0.05, 0) is 61.7 Å². The van der Waals surface area contributed by atoms with Crippen LogP contribution < -0.4 is 15.4 Å². The third-order valence-electron chi connectivity index (χ3n) is 5.51. The summed E-state index contributed by atoms with van der Waals surface area (Å²) >= 11 is 13.7. The number of amides is 2. The summed E-state index contributed by atoms with van der Waals surface area (Å²) in [5, 5.41) is 16.0. The Kier molecular flexibility index (Phi) is 9.49. The van der Waals surface area contributed by atoms with Crippen molar-refractivity contribution in [2.24, 2.45) is 5.92 Å². The average Bonchev–Trinajstić information content (AvgIpc) is 2.83. The Labute approximate surface area is 229 Å². The van der Waals surface area contributed by atoms with Gasteiger partial charge in [0, 0.05) is 11.6 Å². The number of rotatable bonds is 8. The number of benzene rings is 2. The number of hydrogen-bond donors (Lipinski definition) is 2. The molecule has 2 amide bonds. The molecule has 0 saturated carbocycles. The molecule has 0 aliphatic carbocycles. The Morgan fingerprint density at radius 2 is 1.76 bits per heavy atom. The van der Waals surface area contributed by atoms with Crippen molar-refractivity contribution in [1.29, 1.82) is 5.26 Å². The molecule has 0 spiro atoms. The summed E-state index contributed by atoms with van der Waals surface area (Å²) in [6.07, 6.45) is 0. The molecule has 2 aromatic rings. The van der Waals surface area contributed by atoms with Gasteiger partial charge >= 0.3 is 5.97 Å². The summed E-state index contributed by atoms with van der Waals surface area (Å²) in [7, 11) is 1.15. The Hall–Kier alpha value is -3.19. The molecule has 0 bridgehead atoms. The van der Waals surface area contributed by atoms with Crippen LogP contribution in [0.1, 0.15) is 29.5 Å². The fourth-order valence-electron chi connectivity index (χ4n) is 4.10. The highest BCUT2D eigenvalue weighted by molar-refractivity contribution is 8.03. The molecule has 0 fully saturated rings. The third-order valence-corrected chi connectivity index (χ3v) is 7.08. The Bertz CT molecular complexity index is 1280. The minimum atomic E-state index is -1.36. The standard InChI is InChI=1S/C26H25Cl2N3O5S/c1-5-36-23-18(27)9-15(10-19(23)28)21-17(11-29)25(31-24(33)22(21)26(34)35-4)37-12-20(32)30-16-7-13(2)6-14(3)8-16/h6-10,21-22H,5,12H2,1-4H3,(H,30,32)(H,31,33)/t21-,22+/m0/s1. The number of carbonyl (C=O) groups is 3. The molecule has 0 saturated heterocycles. The SMILES string of the molecule is CCOc1c(Cl)cc([C@H]2C(C#N)=C(SCC(=O)Nc3cc(C)cc(C)c3)NC(=O)[C@@H]2C(=O)OC)cc1Cl. The number of anilines is 1. The molecule has 2 atom stereocenters. The van der Waals surface area contributed by atoms with Crippen molar-refractivity contribution in [3.63, 3.8) is 0 Å². The number of esters is 1. The first-order chi connectivity index (χ1) is 17.6. The Balaban J connectivity index is 1.96. The molecular formula is C26H25Cl2N3O5S. The molecule has 3 rings (SSSR count). The molecule has 194 valence electrons. The van der Waals surface area contributed by atoms with E-state index < -0.39 is 23.7 Å². The number of aryl methyl sites for hydroxylation is 2. The van der Waals surface area contributed by atoms with E-state index in [-0.39, 0.29) is 38.1 Å². The Morgan fingerprint density at radius 3 is 2.30 bits per heavy atom. The number of nitrogens with one attached hydrogen (secondary N) is 2. The molecule has 0 radical (unpaired) electrons. The summed E-state index contributed by atoms with van der Waals surface area (Å²) in [5.41, 5.74) is 3.09. The molecule has 11 heteroatoms. The van der Waals surface area contributed by atoms with Crippen molar-refractivity contribution >= 4 is 58.4 Å². The van der Waals surface area contributed by atoms with Gasteiger partial charge in [0.1, 0.15) is 5.92 Å². The zero-order valence-corrected chi connectivity index (χ0v) is 22.9. The summed E-state index contributed by atoms with van der Waals surface area (Å²) in [6, 6.07) is 10.8. The lowest BCUT2D eigenvalue weighted by Gasteiger charge is -2.31. The summed E-state index contributed by atoms with van der Waals surface area (Å²) in [6.45, 7) is 5.95. The zero-order valence-electron chi connectivity index (χ0n) is 20.6. The van der Waals surface area contributed by atoms with Crippen molar-refractivity contribution in [1.82, 2.24) is 5.32 Å². The van der Waals surface area contributed by atoms with Crippen LogP contribution in [0, 0.1) is 31.1 Å². The van der Waals surface area contributed by atoms with Gasteiger partial charge in [-0.3, -0.25) is 14.4 Å². The van der Waals surface area contributed by atoms with Crippen LogP contribution in [0.4, 0.5) is 5.69 Å². The molecule has 1 heterocycles. The van der Waals surface area contributed by atoms with Crippen molar-refractivity contribution in [2.45, 2.75) is 26.7 Å². The highest BCUT2D eigenvalue weighted by Gasteiger charge is 2.44. The zero-order chi connectivity index (χ0) is 27.3. The van der Waals surface area contributed by atoms with Crippen molar-refractivity contribution in [2.75, 3.05) is 24.8 Å². The molecule has 2 N–H and O–H groups in total. The maximum Gasteiger partial charge on any atom is 0.319 e. The van der Waals surface area contributed by atoms with Crippen LogP contribution in [0.15, 0.2) is 40.9 Å². The summed E-state index contributed by atoms with van der Waals surface area (Å²) in [4.78, 5) is 38.3. The van der Waals surface area contributed by atoms with Gasteiger partial charge in [0.05, 0.1) is 46.2 Å². The minimum absolute atomic E-state index is 0.0792. The van der Waals surface area contributed by atoms with Gasteiger partial charge < -0.3 is 20.1 Å². The monoisotopic (exact) mass is 561 g/mol. The van der Waals surface area contributed by atoms with Crippen LogP contribution in [0.3, 0.4) is 0 Å². The van der Waals surface area contributed by atoms with E-state index in [0.29, 0.717) is 17.9 Å². The van der Waals surface area contributed by atoms with Crippen molar-refractivity contribution in [3.05, 3.63) is 67.7 Å². The van der Waals surface area contributed by atoms with Gasteiger partial charge in [0.25, 0.3) is 0 Å². The normalized spacial score (nSPS) is 17.1. The molecule has 0 unspecified atom stereocenters. The first kappa shape index (κ1) is 28.4. The van der Waals surface area contributed by atoms with Gasteiger partial charge in [-0.15, -0.1) is 0 Å². The fourth-order valence-corrected chi connectivity index (χ4v) is 5.56. The van der Waals surface area contributed by atoms with Crippen LogP contribution in [-0.2, 0) is 19.1 Å². The maximum absolute atomic E-state index is 13.0. The number of ether oxygens (including phenoxy) is 2. The first-order valence-electron chi connectivity index (χ1n) is 11.2. The number of nitriles is 1. The number of hydrogen-bond acceptors (Lipinski definition) is 7. The van der Waals surface area contributed by atoms with Crippen LogP contribution >= 0.6 is 35.0 Å². The van der Waals surface area contributed by atoms with E-state index in [1.165, 1.54) is 12.1 Å². The van der Waals surface area contributed by atoms with Crippen LogP contribution in [0.5, 0.6) is 5.75 Å². The molecule has 1 aliphatic rings. The number of carbonyl (C=O) groups excluding carboxylic acids is 3. The largest absolute Gasteiger partial charge is 0.491 e. The molecule has 0 aromatic heterocycles. The second-order valence-electron chi connectivity index (χ2n) is 8.28. The van der Waals surface area contributed by atoms with E-state index >= 15 is 0 Å². The quantitative estimate of drug-likeness (QED) is 0.339. The summed E-state index contributed by atoms with van der Waals surface area (Å²) in [5.74, 6) is -4.06.